The Morgan fingerprint density at radius 2 is 1.97 bits per heavy atom. The van der Waals surface area contributed by atoms with Crippen molar-refractivity contribution in [2.24, 2.45) is 0 Å². The van der Waals surface area contributed by atoms with Crippen LogP contribution in [0.2, 0.25) is 0 Å². The van der Waals surface area contributed by atoms with Crippen molar-refractivity contribution in [2.75, 3.05) is 32.6 Å². The predicted molar refractivity (Wildman–Crippen MR) is 137 cm³/mol. The van der Waals surface area contributed by atoms with Gasteiger partial charge in [0.15, 0.2) is 0 Å². The van der Waals surface area contributed by atoms with Gasteiger partial charge in [0.1, 0.15) is 12.4 Å². The number of nitro benzene ring substituents is 1. The summed E-state index contributed by atoms with van der Waals surface area (Å²) in [5, 5.41) is 14.7. The molecule has 0 spiro atoms. The summed E-state index contributed by atoms with van der Waals surface area (Å²) in [5.41, 5.74) is 2.39. The molecule has 1 aliphatic rings. The van der Waals surface area contributed by atoms with E-state index in [1.165, 1.54) is 12.1 Å². The summed E-state index contributed by atoms with van der Waals surface area (Å²) in [7, 11) is 3.73. The molecule has 0 saturated carbocycles. The molecular weight excluding hydrogens is 499 g/mol. The Balaban J connectivity index is 0.00000306. The van der Waals surface area contributed by atoms with E-state index < -0.39 is 17.0 Å². The normalized spacial score (nSPS) is 14.3. The molecule has 1 aliphatic heterocycles. The highest BCUT2D eigenvalue weighted by molar-refractivity contribution is 5.85. The lowest BCUT2D eigenvalue weighted by atomic mass is 9.85. The zero-order chi connectivity index (χ0) is 24.1. The van der Waals surface area contributed by atoms with Gasteiger partial charge >= 0.3 is 6.16 Å². The fourth-order valence-corrected chi connectivity index (χ4v) is 3.47. The van der Waals surface area contributed by atoms with Crippen LogP contribution in [0.1, 0.15) is 37.8 Å². The number of allylic oxidation sites excluding steroid dienone is 2. The Labute approximate surface area is 216 Å². The minimum atomic E-state index is -0.859. The average Bonchev–Trinajstić information content (AvgIpc) is 2.74. The summed E-state index contributed by atoms with van der Waals surface area (Å²) >= 11 is 0. The topological polar surface area (TPSA) is 116 Å². The van der Waals surface area contributed by atoms with Gasteiger partial charge in [-0.3, -0.25) is 10.1 Å². The van der Waals surface area contributed by atoms with E-state index in [-0.39, 0.29) is 49.0 Å². The van der Waals surface area contributed by atoms with Crippen molar-refractivity contribution in [1.29, 1.82) is 0 Å². The highest BCUT2D eigenvalue weighted by Crippen LogP contribution is 2.46. The maximum absolute atomic E-state index is 12.5. The van der Waals surface area contributed by atoms with Crippen molar-refractivity contribution in [1.82, 2.24) is 9.88 Å². The zero-order valence-corrected chi connectivity index (χ0v) is 21.8. The van der Waals surface area contributed by atoms with Crippen LogP contribution in [0.5, 0.6) is 5.88 Å². The summed E-state index contributed by atoms with van der Waals surface area (Å²) in [6.07, 6.45) is 0.590. The Bertz CT molecular complexity index is 1080. The molecule has 0 aliphatic carbocycles. The van der Waals surface area contributed by atoms with E-state index in [0.717, 1.165) is 0 Å². The van der Waals surface area contributed by atoms with E-state index in [2.05, 4.69) is 10.3 Å². The first kappa shape index (κ1) is 30.0. The molecule has 10 nitrogen and oxygen atoms in total. The number of non-ortho nitro benzene ring substituents is 1. The zero-order valence-electron chi connectivity index (χ0n) is 20.1. The molecule has 3 rings (SSSR count). The molecule has 0 radical (unpaired) electrons. The first-order valence-electron chi connectivity index (χ1n) is 10.5. The van der Waals surface area contributed by atoms with Gasteiger partial charge in [-0.2, -0.15) is 0 Å². The van der Waals surface area contributed by atoms with Gasteiger partial charge in [0.05, 0.1) is 28.2 Å². The number of nitrogens with one attached hydrogen (secondary N) is 1. The second-order valence-electron chi connectivity index (χ2n) is 8.15. The Hall–Kier alpha value is -3.08. The van der Waals surface area contributed by atoms with Gasteiger partial charge in [-0.05, 0) is 46.5 Å². The van der Waals surface area contributed by atoms with Gasteiger partial charge in [-0.1, -0.05) is 12.1 Å². The van der Waals surface area contributed by atoms with Gasteiger partial charge in [0.2, 0.25) is 5.88 Å². The van der Waals surface area contributed by atoms with E-state index in [0.29, 0.717) is 34.9 Å². The number of hydrogen-bond acceptors (Lipinski definition) is 9. The second kappa shape index (κ2) is 13.1. The van der Waals surface area contributed by atoms with Crippen molar-refractivity contribution in [3.63, 3.8) is 0 Å². The van der Waals surface area contributed by atoms with E-state index in [9.17, 15) is 14.9 Å². The lowest BCUT2D eigenvalue weighted by Crippen LogP contribution is -2.25. The summed E-state index contributed by atoms with van der Waals surface area (Å²) in [6.45, 7) is 6.21. The van der Waals surface area contributed by atoms with Crippen molar-refractivity contribution >= 4 is 42.3 Å². The Morgan fingerprint density at radius 3 is 2.60 bits per heavy atom. The van der Waals surface area contributed by atoms with Gasteiger partial charge in [-0.15, -0.1) is 24.8 Å². The van der Waals surface area contributed by atoms with Crippen LogP contribution in [0.3, 0.4) is 0 Å². The molecule has 35 heavy (non-hydrogen) atoms. The number of ether oxygens (including phenoxy) is 3. The van der Waals surface area contributed by atoms with Crippen LogP contribution < -0.4 is 10.1 Å². The Morgan fingerprint density at radius 1 is 1.26 bits per heavy atom. The van der Waals surface area contributed by atoms with Crippen LogP contribution in [-0.4, -0.2) is 54.3 Å². The van der Waals surface area contributed by atoms with Crippen LogP contribution in [0.4, 0.5) is 16.2 Å². The van der Waals surface area contributed by atoms with Crippen molar-refractivity contribution in [2.45, 2.75) is 32.8 Å². The summed E-state index contributed by atoms with van der Waals surface area (Å²) in [4.78, 5) is 29.7. The van der Waals surface area contributed by atoms with Crippen molar-refractivity contribution in [3.8, 4) is 5.88 Å². The maximum atomic E-state index is 12.5. The van der Waals surface area contributed by atoms with Crippen LogP contribution in [0.25, 0.3) is 0 Å². The summed E-state index contributed by atoms with van der Waals surface area (Å²) in [6, 6.07) is 7.99. The lowest BCUT2D eigenvalue weighted by Gasteiger charge is -2.31. The number of carbonyl (C=O) groups excluding carboxylic acids is 1. The third-order valence-corrected chi connectivity index (χ3v) is 4.91. The molecule has 1 aromatic heterocycles. The molecule has 0 bridgehead atoms. The molecule has 12 heteroatoms. The number of aromatic nitrogens is 1. The molecule has 1 unspecified atom stereocenters. The molecule has 2 heterocycles. The average molecular weight is 529 g/mol. The number of fused-ring (bicyclic) bond motifs is 1. The summed E-state index contributed by atoms with van der Waals surface area (Å²) in [5.74, 6) is -0.0643. The number of halogens is 2. The van der Waals surface area contributed by atoms with E-state index in [1.54, 1.807) is 31.3 Å². The minimum absolute atomic E-state index is 0. The number of nitro groups is 1. The molecule has 2 aromatic rings. The molecule has 192 valence electrons. The quantitative estimate of drug-likeness (QED) is 0.282. The van der Waals surface area contributed by atoms with E-state index >= 15 is 0 Å². The van der Waals surface area contributed by atoms with Crippen molar-refractivity contribution in [3.05, 3.63) is 69.2 Å². The molecule has 1 atom stereocenters. The highest BCUT2D eigenvalue weighted by atomic mass is 35.5. The van der Waals surface area contributed by atoms with Gasteiger partial charge in [0.25, 0.3) is 5.69 Å². The van der Waals surface area contributed by atoms with Crippen LogP contribution in [0.15, 0.2) is 48.0 Å². The van der Waals surface area contributed by atoms with Crippen LogP contribution in [0, 0.1) is 10.1 Å². The highest BCUT2D eigenvalue weighted by Gasteiger charge is 2.35. The largest absolute Gasteiger partial charge is 0.513 e. The van der Waals surface area contributed by atoms with E-state index in [4.69, 9.17) is 14.2 Å². The minimum Gasteiger partial charge on any atom is -0.475 e. The number of pyridine rings is 1. The smallest absolute Gasteiger partial charge is 0.475 e. The Kier molecular flexibility index (Phi) is 11.2. The fraction of sp³-hybridized carbons (Fsp3) is 0.391. The number of likely N-dealkylation sites (N-methyl/N-ethyl adjacent to an activating group) is 1. The third kappa shape index (κ3) is 7.45. The molecule has 0 saturated heterocycles. The van der Waals surface area contributed by atoms with E-state index in [1.807, 2.05) is 32.8 Å². The SMILES string of the molecule is CC1=C(OC(=O)OCCN(C)C)C(c2cccc([N+](=O)[O-])c2)c2c(ccnc2OC(C)C)N1.Cl.Cl. The number of hydrogen-bond donors (Lipinski definition) is 1. The molecule has 1 N–H and O–H groups in total. The third-order valence-electron chi connectivity index (χ3n) is 4.91. The molecule has 0 fully saturated rings. The summed E-state index contributed by atoms with van der Waals surface area (Å²) < 4.78 is 16.8. The first-order chi connectivity index (χ1) is 15.7. The number of nitrogens with zero attached hydrogens (tertiary/aromatic N) is 3. The lowest BCUT2D eigenvalue weighted by molar-refractivity contribution is -0.384. The van der Waals surface area contributed by atoms with Gasteiger partial charge in [0, 0.05) is 30.6 Å². The second-order valence-corrected chi connectivity index (χ2v) is 8.15. The fourth-order valence-electron chi connectivity index (χ4n) is 3.47. The molecular formula is C23H30Cl2N4O6. The number of benzene rings is 1. The number of rotatable bonds is 8. The number of anilines is 1. The molecule has 0 amide bonds. The monoisotopic (exact) mass is 528 g/mol. The van der Waals surface area contributed by atoms with Gasteiger partial charge in [-0.25, -0.2) is 9.78 Å². The molecule has 1 aromatic carbocycles. The number of carbonyl (C=O) groups is 1. The first-order valence-corrected chi connectivity index (χ1v) is 10.5. The van der Waals surface area contributed by atoms with Crippen LogP contribution >= 0.6 is 24.8 Å². The van der Waals surface area contributed by atoms with Crippen molar-refractivity contribution < 1.29 is 23.9 Å². The predicted octanol–water partition coefficient (Wildman–Crippen LogP) is 5.12. The van der Waals surface area contributed by atoms with Gasteiger partial charge < -0.3 is 24.4 Å². The standard InChI is InChI=1S/C23H28N4O6.2ClH/c1-14(2)32-22-20-18(9-10-24-22)25-15(3)21(33-23(28)31-12-11-26(4)5)19(20)16-7-6-8-17(13-16)27(29)30;;/h6-10,13-14,19,25H,11-12H2,1-5H3;2*1H. The maximum Gasteiger partial charge on any atom is 0.513 e. The van der Waals surface area contributed by atoms with Crippen LogP contribution in [-0.2, 0) is 9.47 Å².